The van der Waals surface area contributed by atoms with E-state index in [0.717, 1.165) is 63.7 Å². The standard InChI is InChI=1S/C64H75N4Si4.CH2O2/c1-69(56-29-13-5-14-30-56,57-31-15-6-16-32-57)49-45-65-54-67(47-51-71(3,60-37-21-9-22-38-60)61-39-23-10-24-40-61)64-53-66(46-50-70(2,58-33-17-7-18-34-58)59-35-19-8-20-36-59)55-68(64)48-52-72(4,62-41-25-11-26-42-62)63-43-27-12-28-44-63;2-1-3/h5-44,53,64-65H,45-52,54-55H2,1-4H3;1H,(H,2,3)/q+1;/p-1. The van der Waals surface area contributed by atoms with Crippen molar-refractivity contribution in [3.8, 4) is 0 Å². The largest absolute Gasteiger partial charge is 0.554 e. The van der Waals surface area contributed by atoms with Crippen molar-refractivity contribution >= 4 is 86.5 Å². The Morgan fingerprint density at radius 3 is 1.07 bits per heavy atom. The average molecular weight is 1060 g/mol. The van der Waals surface area contributed by atoms with Crippen molar-refractivity contribution in [1.82, 2.24) is 15.1 Å². The van der Waals surface area contributed by atoms with Gasteiger partial charge in [0.15, 0.2) is 6.21 Å². The zero-order valence-corrected chi connectivity index (χ0v) is 48.6. The topological polar surface area (TPSA) is 61.7 Å². The molecule has 0 saturated heterocycles. The third kappa shape index (κ3) is 13.4. The van der Waals surface area contributed by atoms with Crippen LogP contribution in [0.3, 0.4) is 0 Å². The van der Waals surface area contributed by atoms with Gasteiger partial charge in [-0.15, -0.1) is 0 Å². The quantitative estimate of drug-likeness (QED) is 0.0263. The van der Waals surface area contributed by atoms with Crippen LogP contribution in [0.2, 0.25) is 50.4 Å². The number of hydrogen-bond donors (Lipinski definition) is 1. The summed E-state index contributed by atoms with van der Waals surface area (Å²) in [7, 11) is -8.43. The number of nitrogens with one attached hydrogen (secondary N) is 1. The van der Waals surface area contributed by atoms with E-state index in [-0.39, 0.29) is 6.17 Å². The Morgan fingerprint density at radius 1 is 0.467 bits per heavy atom. The van der Waals surface area contributed by atoms with Gasteiger partial charge in [0.1, 0.15) is 45.0 Å². The third-order valence-electron chi connectivity index (χ3n) is 16.6. The summed E-state index contributed by atoms with van der Waals surface area (Å²) in [5.41, 5.74) is 0. The molecule has 8 aromatic carbocycles. The van der Waals surface area contributed by atoms with E-state index in [4.69, 9.17) is 9.90 Å². The molecule has 1 aliphatic heterocycles. The summed E-state index contributed by atoms with van der Waals surface area (Å²) in [5, 5.41) is 24.5. The van der Waals surface area contributed by atoms with Crippen LogP contribution in [0.4, 0.5) is 0 Å². The van der Waals surface area contributed by atoms with Gasteiger partial charge in [-0.25, -0.2) is 9.48 Å². The van der Waals surface area contributed by atoms with Crippen molar-refractivity contribution < 1.29 is 14.5 Å². The van der Waals surface area contributed by atoms with E-state index >= 15 is 0 Å². The Hall–Kier alpha value is -6.35. The van der Waals surface area contributed by atoms with Crippen molar-refractivity contribution in [1.29, 1.82) is 0 Å². The highest BCUT2D eigenvalue weighted by Crippen LogP contribution is 2.22. The lowest BCUT2D eigenvalue weighted by Gasteiger charge is -2.37. The molecule has 1 unspecified atom stereocenters. The molecule has 0 amide bonds. The summed E-state index contributed by atoms with van der Waals surface area (Å²) in [6.07, 6.45) is 2.79. The lowest BCUT2D eigenvalue weighted by molar-refractivity contribution is -0.528. The molecule has 1 heterocycles. The molecule has 9 rings (SSSR count). The van der Waals surface area contributed by atoms with Crippen LogP contribution in [0.25, 0.3) is 0 Å². The fourth-order valence-corrected chi connectivity index (χ4v) is 25.5. The van der Waals surface area contributed by atoms with Gasteiger partial charge in [-0.1, -0.05) is 310 Å². The van der Waals surface area contributed by atoms with Gasteiger partial charge in [0.05, 0.1) is 0 Å². The Labute approximate surface area is 452 Å². The first-order valence-electron chi connectivity index (χ1n) is 26.9. The number of benzene rings is 8. The lowest BCUT2D eigenvalue weighted by atomic mass is 10.4. The monoisotopic (exact) mass is 1060 g/mol. The highest BCUT2D eigenvalue weighted by Gasteiger charge is 2.42. The molecule has 1 atom stereocenters. The number of carboxylic acid groups (broad SMARTS) is 1. The second kappa shape index (κ2) is 26.4. The van der Waals surface area contributed by atoms with Crippen molar-refractivity contribution in [2.24, 2.45) is 0 Å². The second-order valence-corrected chi connectivity index (χ2v) is 38.4. The molecular weight excluding hydrogens is 981 g/mol. The molecule has 0 bridgehead atoms. The number of hydrogen-bond acceptors (Lipinski definition) is 5. The van der Waals surface area contributed by atoms with E-state index in [2.05, 4.69) is 295 Å². The molecule has 1 N–H and O–H groups in total. The molecular formula is C65H76N4O2Si4. The van der Waals surface area contributed by atoms with Crippen molar-refractivity contribution in [2.75, 3.05) is 39.5 Å². The molecule has 75 heavy (non-hydrogen) atoms. The SMILES string of the molecule is C[Si](CCNCN(CC[Si](C)(c1ccccc1)c1ccccc1)C1C=[N+](CC[Si](C)(c2ccccc2)c2ccccc2)CN1CC[Si](C)(c1ccccc1)c1ccccc1)(c1ccccc1)c1ccccc1.O=C[O-]. The van der Waals surface area contributed by atoms with Crippen molar-refractivity contribution in [2.45, 2.75) is 56.5 Å². The van der Waals surface area contributed by atoms with Gasteiger partial charge in [0.25, 0.3) is 0 Å². The fourth-order valence-electron chi connectivity index (χ4n) is 11.6. The van der Waals surface area contributed by atoms with Crippen LogP contribution in [0.5, 0.6) is 0 Å². The molecule has 0 spiro atoms. The van der Waals surface area contributed by atoms with Gasteiger partial charge >= 0.3 is 0 Å². The molecule has 0 aliphatic carbocycles. The summed E-state index contributed by atoms with van der Waals surface area (Å²) in [6.45, 7) is 15.6. The first kappa shape index (κ1) is 54.9. The molecule has 0 aromatic heterocycles. The first-order chi connectivity index (χ1) is 36.6. The summed E-state index contributed by atoms with van der Waals surface area (Å²) in [5.74, 6) is 0. The summed E-state index contributed by atoms with van der Waals surface area (Å²) in [6, 6.07) is 95.9. The summed E-state index contributed by atoms with van der Waals surface area (Å²) >= 11 is 0. The molecule has 1 aliphatic rings. The normalized spacial score (nSPS) is 14.2. The predicted octanol–water partition coefficient (Wildman–Crippen LogP) is 6.46. The van der Waals surface area contributed by atoms with Crippen LogP contribution < -0.4 is 51.9 Å². The van der Waals surface area contributed by atoms with Gasteiger partial charge in [0, 0.05) is 25.7 Å². The summed E-state index contributed by atoms with van der Waals surface area (Å²) < 4.78 is 2.71. The van der Waals surface area contributed by atoms with E-state index in [1.807, 2.05) is 0 Å². The Balaban J connectivity index is 0.00000243. The first-order valence-corrected chi connectivity index (χ1v) is 37.7. The average Bonchev–Trinajstić information content (AvgIpc) is 3.90. The van der Waals surface area contributed by atoms with Gasteiger partial charge < -0.3 is 15.2 Å². The van der Waals surface area contributed by atoms with Gasteiger partial charge in [0.2, 0.25) is 6.67 Å². The number of carbonyl (C=O) groups excluding carboxylic acids is 1. The van der Waals surface area contributed by atoms with Crippen LogP contribution in [0.15, 0.2) is 243 Å². The van der Waals surface area contributed by atoms with Crippen LogP contribution in [0, 0.1) is 0 Å². The van der Waals surface area contributed by atoms with Crippen LogP contribution in [-0.4, -0.2) is 105 Å². The van der Waals surface area contributed by atoms with Gasteiger partial charge in [-0.05, 0) is 31.2 Å². The predicted molar refractivity (Wildman–Crippen MR) is 327 cm³/mol. The molecule has 10 heteroatoms. The highest BCUT2D eigenvalue weighted by atomic mass is 28.3. The minimum absolute atomic E-state index is 0.139. The smallest absolute Gasteiger partial charge is 0.200 e. The number of nitrogens with zero attached hydrogens (tertiary/aromatic N) is 3. The number of carbonyl (C=O) groups is 1. The van der Waals surface area contributed by atoms with Gasteiger partial charge in [-0.2, -0.15) is 0 Å². The highest BCUT2D eigenvalue weighted by molar-refractivity contribution is 7.03. The second-order valence-electron chi connectivity index (χ2n) is 21.2. The van der Waals surface area contributed by atoms with E-state index in [1.165, 1.54) is 41.5 Å². The van der Waals surface area contributed by atoms with E-state index in [9.17, 15) is 0 Å². The van der Waals surface area contributed by atoms with Crippen LogP contribution >= 0.6 is 0 Å². The fraction of sp³-hybridized carbons (Fsp3) is 0.231. The molecule has 6 nitrogen and oxygen atoms in total. The molecule has 0 saturated carbocycles. The maximum atomic E-state index is 8.25. The number of rotatable bonds is 23. The maximum Gasteiger partial charge on any atom is 0.200 e. The Bertz CT molecular complexity index is 2800. The van der Waals surface area contributed by atoms with E-state index < -0.39 is 38.8 Å². The maximum absolute atomic E-state index is 8.25. The zero-order valence-electron chi connectivity index (χ0n) is 44.6. The molecule has 0 radical (unpaired) electrons. The minimum Gasteiger partial charge on any atom is -0.554 e. The zero-order chi connectivity index (χ0) is 52.4. The molecule has 384 valence electrons. The van der Waals surface area contributed by atoms with E-state index in [0.29, 0.717) is 0 Å². The molecule has 0 fully saturated rings. The molecule has 8 aromatic rings. The lowest BCUT2D eigenvalue weighted by Crippen LogP contribution is -2.60. The van der Waals surface area contributed by atoms with Crippen LogP contribution in [-0.2, 0) is 4.79 Å². The van der Waals surface area contributed by atoms with Gasteiger partial charge in [-0.3, -0.25) is 4.90 Å². The minimum atomic E-state index is -2.17. The third-order valence-corrected chi connectivity index (χ3v) is 34.3. The van der Waals surface area contributed by atoms with E-state index in [1.54, 1.807) is 0 Å². The van der Waals surface area contributed by atoms with Crippen LogP contribution in [0.1, 0.15) is 0 Å². The van der Waals surface area contributed by atoms with Crippen molar-refractivity contribution in [3.05, 3.63) is 243 Å². The Kier molecular flexibility index (Phi) is 19.3. The van der Waals surface area contributed by atoms with Crippen molar-refractivity contribution in [3.63, 3.8) is 0 Å². The summed E-state index contributed by atoms with van der Waals surface area (Å²) in [4.78, 5) is 13.9. The Morgan fingerprint density at radius 2 is 0.747 bits per heavy atom.